The number of aromatic nitrogens is 4. The molecule has 3 N–H and O–H groups in total. The molecule has 0 bridgehead atoms. The van der Waals surface area contributed by atoms with Crippen LogP contribution in [0.5, 0.6) is 5.75 Å². The van der Waals surface area contributed by atoms with Crippen molar-refractivity contribution in [3.63, 3.8) is 0 Å². The molecule has 0 aliphatic rings. The summed E-state index contributed by atoms with van der Waals surface area (Å²) in [6.07, 6.45) is 3.52. The number of fused-ring (bicyclic) bond motifs is 1. The molecule has 0 saturated carbocycles. The maximum absolute atomic E-state index is 12.6. The number of aryl methyl sites for hydroxylation is 2. The summed E-state index contributed by atoms with van der Waals surface area (Å²) in [6, 6.07) is 15.8. The summed E-state index contributed by atoms with van der Waals surface area (Å²) in [4.78, 5) is 25.4. The van der Waals surface area contributed by atoms with Crippen LogP contribution in [0, 0.1) is 13.8 Å². The first-order valence-electron chi connectivity index (χ1n) is 12.3. The zero-order chi connectivity index (χ0) is 26.9. The van der Waals surface area contributed by atoms with Gasteiger partial charge in [-0.3, -0.25) is 4.98 Å². The molecule has 0 spiro atoms. The van der Waals surface area contributed by atoms with E-state index in [-0.39, 0.29) is 6.03 Å². The van der Waals surface area contributed by atoms with Gasteiger partial charge < -0.3 is 24.9 Å². The standard InChI is InChI=1S/C29H30N6O3/c1-17-24(18(2)38-35-17)34-28(36)31-16-29(3,4)27-32-25(19-10-12-30-13-11-19)26(33-27)22-7-6-21-15-23(37-5)9-8-20(21)14-22/h6-15H,16H2,1-5H3,(H,32,33)(H2,31,34,36). The van der Waals surface area contributed by atoms with Crippen molar-refractivity contribution in [2.45, 2.75) is 33.1 Å². The molecule has 0 aliphatic heterocycles. The van der Waals surface area contributed by atoms with E-state index in [4.69, 9.17) is 14.2 Å². The van der Waals surface area contributed by atoms with Crippen LogP contribution in [-0.4, -0.2) is 39.8 Å². The number of nitrogens with one attached hydrogen (secondary N) is 3. The fraction of sp³-hybridized carbons (Fsp3) is 0.241. The van der Waals surface area contributed by atoms with Crippen LogP contribution in [0.4, 0.5) is 10.5 Å². The van der Waals surface area contributed by atoms with E-state index < -0.39 is 5.41 Å². The first-order chi connectivity index (χ1) is 18.2. The highest BCUT2D eigenvalue weighted by Crippen LogP contribution is 2.35. The Labute approximate surface area is 220 Å². The van der Waals surface area contributed by atoms with Crippen LogP contribution in [0.3, 0.4) is 0 Å². The average molecular weight is 511 g/mol. The second-order valence-electron chi connectivity index (χ2n) is 9.86. The molecule has 0 atom stereocenters. The Hall–Kier alpha value is -4.66. The minimum atomic E-state index is -0.500. The lowest BCUT2D eigenvalue weighted by molar-refractivity contribution is 0.249. The van der Waals surface area contributed by atoms with E-state index >= 15 is 0 Å². The van der Waals surface area contributed by atoms with Crippen molar-refractivity contribution in [3.8, 4) is 28.3 Å². The number of H-pyrrole nitrogens is 1. The first-order valence-corrected chi connectivity index (χ1v) is 12.3. The molecule has 0 saturated heterocycles. The van der Waals surface area contributed by atoms with E-state index in [2.05, 4.69) is 44.0 Å². The van der Waals surface area contributed by atoms with Crippen LogP contribution in [-0.2, 0) is 5.41 Å². The van der Waals surface area contributed by atoms with Gasteiger partial charge in [-0.2, -0.15) is 0 Å². The third-order valence-corrected chi connectivity index (χ3v) is 6.60. The molecule has 0 aliphatic carbocycles. The van der Waals surface area contributed by atoms with E-state index in [1.807, 2.05) is 44.2 Å². The number of carbonyl (C=O) groups is 1. The highest BCUT2D eigenvalue weighted by atomic mass is 16.5. The van der Waals surface area contributed by atoms with E-state index in [1.54, 1.807) is 33.4 Å². The summed E-state index contributed by atoms with van der Waals surface area (Å²) in [5.41, 5.74) is 4.39. The Bertz CT molecular complexity index is 1580. The molecule has 38 heavy (non-hydrogen) atoms. The van der Waals surface area contributed by atoms with Gasteiger partial charge in [0.05, 0.1) is 18.5 Å². The normalized spacial score (nSPS) is 11.5. The summed E-state index contributed by atoms with van der Waals surface area (Å²) in [7, 11) is 1.67. The van der Waals surface area contributed by atoms with Crippen LogP contribution < -0.4 is 15.4 Å². The number of imidazole rings is 1. The van der Waals surface area contributed by atoms with Gasteiger partial charge in [0.15, 0.2) is 5.76 Å². The van der Waals surface area contributed by atoms with E-state index in [9.17, 15) is 4.79 Å². The molecule has 3 aromatic heterocycles. The number of nitrogens with zero attached hydrogens (tertiary/aromatic N) is 3. The third kappa shape index (κ3) is 4.95. The minimum Gasteiger partial charge on any atom is -0.497 e. The number of benzene rings is 2. The number of urea groups is 1. The monoisotopic (exact) mass is 510 g/mol. The Morgan fingerprint density at radius 3 is 2.47 bits per heavy atom. The lowest BCUT2D eigenvalue weighted by Gasteiger charge is -2.22. The zero-order valence-electron chi connectivity index (χ0n) is 22.0. The molecule has 0 unspecified atom stereocenters. The second kappa shape index (κ2) is 10.0. The van der Waals surface area contributed by atoms with Crippen molar-refractivity contribution in [1.29, 1.82) is 0 Å². The maximum atomic E-state index is 12.6. The van der Waals surface area contributed by atoms with Crippen molar-refractivity contribution in [2.24, 2.45) is 0 Å². The summed E-state index contributed by atoms with van der Waals surface area (Å²) in [5, 5.41) is 11.8. The zero-order valence-corrected chi connectivity index (χ0v) is 22.0. The Morgan fingerprint density at radius 2 is 1.76 bits per heavy atom. The van der Waals surface area contributed by atoms with Gasteiger partial charge in [0.1, 0.15) is 23.0 Å². The van der Waals surface area contributed by atoms with Gasteiger partial charge in [0.25, 0.3) is 0 Å². The summed E-state index contributed by atoms with van der Waals surface area (Å²) < 4.78 is 10.5. The van der Waals surface area contributed by atoms with Gasteiger partial charge in [0, 0.05) is 35.5 Å². The number of anilines is 1. The van der Waals surface area contributed by atoms with Crippen molar-refractivity contribution in [3.05, 3.63) is 78.2 Å². The van der Waals surface area contributed by atoms with Crippen LogP contribution in [0.1, 0.15) is 31.1 Å². The summed E-state index contributed by atoms with van der Waals surface area (Å²) in [5.74, 6) is 2.13. The largest absolute Gasteiger partial charge is 0.497 e. The number of hydrogen-bond acceptors (Lipinski definition) is 6. The number of hydrogen-bond donors (Lipinski definition) is 3. The topological polar surface area (TPSA) is 118 Å². The predicted octanol–water partition coefficient (Wildman–Crippen LogP) is 6.00. The molecule has 0 fully saturated rings. The molecule has 2 aromatic carbocycles. The first kappa shape index (κ1) is 25.0. The highest BCUT2D eigenvalue weighted by molar-refractivity contribution is 5.91. The Balaban J connectivity index is 1.46. The fourth-order valence-corrected chi connectivity index (χ4v) is 4.33. The quantitative estimate of drug-likeness (QED) is 0.247. The lowest BCUT2D eigenvalue weighted by atomic mass is 9.92. The number of pyridine rings is 1. The van der Waals surface area contributed by atoms with Crippen LogP contribution in [0.15, 0.2) is 65.4 Å². The van der Waals surface area contributed by atoms with E-state index in [0.717, 1.165) is 44.9 Å². The lowest BCUT2D eigenvalue weighted by Crippen LogP contribution is -2.39. The van der Waals surface area contributed by atoms with Gasteiger partial charge in [-0.25, -0.2) is 9.78 Å². The summed E-state index contributed by atoms with van der Waals surface area (Å²) in [6.45, 7) is 7.96. The number of ether oxygens (including phenoxy) is 1. The number of aromatic amines is 1. The SMILES string of the molecule is COc1ccc2cc(-c3nc(C(C)(C)CNC(=O)Nc4c(C)noc4C)[nH]c3-c3ccncc3)ccc2c1. The molecule has 9 nitrogen and oxygen atoms in total. The molecule has 2 amide bonds. The molecule has 3 heterocycles. The van der Waals surface area contributed by atoms with Crippen LogP contribution in [0.25, 0.3) is 33.3 Å². The highest BCUT2D eigenvalue weighted by Gasteiger charge is 2.28. The molecular formula is C29H30N6O3. The summed E-state index contributed by atoms with van der Waals surface area (Å²) >= 11 is 0. The van der Waals surface area contributed by atoms with Crippen LogP contribution >= 0.6 is 0 Å². The predicted molar refractivity (Wildman–Crippen MR) is 147 cm³/mol. The third-order valence-electron chi connectivity index (χ3n) is 6.60. The minimum absolute atomic E-state index is 0.335. The van der Waals surface area contributed by atoms with Gasteiger partial charge >= 0.3 is 6.03 Å². The van der Waals surface area contributed by atoms with Crippen molar-refractivity contribution < 1.29 is 14.1 Å². The van der Waals surface area contributed by atoms with Crippen molar-refractivity contribution in [1.82, 2.24) is 25.4 Å². The van der Waals surface area contributed by atoms with Gasteiger partial charge in [0.2, 0.25) is 0 Å². The average Bonchev–Trinajstić information content (AvgIpc) is 3.52. The van der Waals surface area contributed by atoms with Crippen molar-refractivity contribution >= 4 is 22.5 Å². The molecule has 9 heteroatoms. The molecule has 5 rings (SSSR count). The van der Waals surface area contributed by atoms with E-state index in [0.29, 0.717) is 23.7 Å². The van der Waals surface area contributed by atoms with Gasteiger partial charge in [-0.05, 0) is 55.0 Å². The fourth-order valence-electron chi connectivity index (χ4n) is 4.33. The Morgan fingerprint density at radius 1 is 1.03 bits per heavy atom. The number of amides is 2. The molecule has 0 radical (unpaired) electrons. The molecule has 194 valence electrons. The van der Waals surface area contributed by atoms with Gasteiger partial charge in [-0.15, -0.1) is 0 Å². The smallest absolute Gasteiger partial charge is 0.319 e. The number of methoxy groups -OCH3 is 1. The van der Waals surface area contributed by atoms with Crippen molar-refractivity contribution in [2.75, 3.05) is 19.0 Å². The molecule has 5 aromatic rings. The van der Waals surface area contributed by atoms with E-state index in [1.165, 1.54) is 0 Å². The maximum Gasteiger partial charge on any atom is 0.319 e. The number of rotatable bonds is 7. The van der Waals surface area contributed by atoms with Crippen LogP contribution in [0.2, 0.25) is 0 Å². The Kier molecular flexibility index (Phi) is 6.59. The van der Waals surface area contributed by atoms with Gasteiger partial charge in [-0.1, -0.05) is 37.2 Å². The number of carbonyl (C=O) groups excluding carboxylic acids is 1. The second-order valence-corrected chi connectivity index (χ2v) is 9.86. The molecular weight excluding hydrogens is 480 g/mol.